The van der Waals surface area contributed by atoms with Crippen molar-refractivity contribution >= 4 is 17.2 Å². The van der Waals surface area contributed by atoms with Gasteiger partial charge in [-0.2, -0.15) is 16.4 Å². The Morgan fingerprint density at radius 3 is 2.77 bits per heavy atom. The zero-order valence-electron chi connectivity index (χ0n) is 11.7. The Hall–Kier alpha value is -2.44. The van der Waals surface area contributed by atoms with Crippen LogP contribution >= 0.6 is 11.3 Å². The first kappa shape index (κ1) is 14.5. The van der Waals surface area contributed by atoms with Crippen molar-refractivity contribution in [2.24, 2.45) is 0 Å². The van der Waals surface area contributed by atoms with Crippen LogP contribution in [0.2, 0.25) is 0 Å². The largest absolute Gasteiger partial charge is 0.387 e. The lowest BCUT2D eigenvalue weighted by atomic mass is 10.1. The van der Waals surface area contributed by atoms with Gasteiger partial charge in [0.2, 0.25) is 0 Å². The number of hydrogen-bond donors (Lipinski definition) is 2. The Balaban J connectivity index is 1.60. The molecule has 0 saturated heterocycles. The average Bonchev–Trinajstić information content (AvgIpc) is 3.25. The summed E-state index contributed by atoms with van der Waals surface area (Å²) in [5, 5.41) is 20.7. The van der Waals surface area contributed by atoms with Crippen molar-refractivity contribution in [1.29, 1.82) is 0 Å². The summed E-state index contributed by atoms with van der Waals surface area (Å²) in [6.45, 7) is 0.176. The van der Waals surface area contributed by atoms with Crippen LogP contribution in [0.25, 0.3) is 5.69 Å². The SMILES string of the molecule is O=C(NCC(O)c1ccc(-n2cccn2)cc1)c1ccsc1. The summed E-state index contributed by atoms with van der Waals surface area (Å²) >= 11 is 1.47. The number of thiophene rings is 1. The second-order valence-corrected chi connectivity index (χ2v) is 5.56. The Morgan fingerprint density at radius 2 is 2.14 bits per heavy atom. The number of amides is 1. The van der Waals surface area contributed by atoms with Crippen LogP contribution in [0.4, 0.5) is 0 Å². The van der Waals surface area contributed by atoms with Crippen molar-refractivity contribution < 1.29 is 9.90 Å². The molecule has 1 atom stereocenters. The van der Waals surface area contributed by atoms with Gasteiger partial charge in [-0.15, -0.1) is 0 Å². The summed E-state index contributed by atoms with van der Waals surface area (Å²) in [5.74, 6) is -0.173. The van der Waals surface area contributed by atoms with Crippen LogP contribution < -0.4 is 5.32 Å². The van der Waals surface area contributed by atoms with Crippen molar-refractivity contribution in [1.82, 2.24) is 15.1 Å². The minimum absolute atomic E-state index is 0.173. The molecule has 0 aliphatic rings. The summed E-state index contributed by atoms with van der Waals surface area (Å²) in [5.41, 5.74) is 2.29. The van der Waals surface area contributed by atoms with Crippen LogP contribution in [-0.2, 0) is 0 Å². The number of hydrogen-bond acceptors (Lipinski definition) is 4. The summed E-state index contributed by atoms with van der Waals surface area (Å²) in [7, 11) is 0. The Labute approximate surface area is 131 Å². The van der Waals surface area contributed by atoms with Gasteiger partial charge in [0, 0.05) is 29.9 Å². The number of nitrogens with zero attached hydrogens (tertiary/aromatic N) is 2. The molecule has 0 radical (unpaired) electrons. The van der Waals surface area contributed by atoms with Gasteiger partial charge in [-0.1, -0.05) is 12.1 Å². The van der Waals surface area contributed by atoms with Gasteiger partial charge in [-0.05, 0) is 35.2 Å². The fourth-order valence-corrected chi connectivity index (χ4v) is 2.71. The van der Waals surface area contributed by atoms with Crippen LogP contribution in [0.1, 0.15) is 22.0 Å². The highest BCUT2D eigenvalue weighted by atomic mass is 32.1. The number of benzene rings is 1. The maximum absolute atomic E-state index is 11.8. The lowest BCUT2D eigenvalue weighted by Crippen LogP contribution is -2.28. The van der Waals surface area contributed by atoms with E-state index in [0.29, 0.717) is 5.56 Å². The number of aliphatic hydroxyl groups is 1. The van der Waals surface area contributed by atoms with Gasteiger partial charge in [0.25, 0.3) is 5.91 Å². The van der Waals surface area contributed by atoms with Crippen LogP contribution in [0.5, 0.6) is 0 Å². The molecule has 22 heavy (non-hydrogen) atoms. The number of carbonyl (C=O) groups excluding carboxylic acids is 1. The fraction of sp³-hybridized carbons (Fsp3) is 0.125. The number of rotatable bonds is 5. The molecule has 1 aromatic carbocycles. The van der Waals surface area contributed by atoms with E-state index in [1.165, 1.54) is 11.3 Å². The van der Waals surface area contributed by atoms with E-state index in [1.54, 1.807) is 22.3 Å². The predicted octanol–water partition coefficient (Wildman–Crippen LogP) is 2.40. The third-order valence-electron chi connectivity index (χ3n) is 3.29. The molecule has 1 amide bonds. The Morgan fingerprint density at radius 1 is 1.32 bits per heavy atom. The van der Waals surface area contributed by atoms with Crippen LogP contribution in [0.3, 0.4) is 0 Å². The smallest absolute Gasteiger partial charge is 0.252 e. The van der Waals surface area contributed by atoms with Crippen LogP contribution in [-0.4, -0.2) is 27.3 Å². The van der Waals surface area contributed by atoms with Gasteiger partial charge >= 0.3 is 0 Å². The lowest BCUT2D eigenvalue weighted by Gasteiger charge is -2.12. The van der Waals surface area contributed by atoms with Gasteiger partial charge in [-0.3, -0.25) is 4.79 Å². The van der Waals surface area contributed by atoms with Gasteiger partial charge in [-0.25, -0.2) is 4.68 Å². The molecule has 0 spiro atoms. The molecule has 3 aromatic rings. The van der Waals surface area contributed by atoms with E-state index in [4.69, 9.17) is 0 Å². The van der Waals surface area contributed by atoms with Crippen molar-refractivity contribution in [3.63, 3.8) is 0 Å². The molecule has 0 bridgehead atoms. The van der Waals surface area contributed by atoms with E-state index in [-0.39, 0.29) is 12.5 Å². The van der Waals surface area contributed by atoms with Crippen molar-refractivity contribution in [3.8, 4) is 5.69 Å². The third kappa shape index (κ3) is 3.24. The lowest BCUT2D eigenvalue weighted by molar-refractivity contribution is 0.0917. The summed E-state index contributed by atoms with van der Waals surface area (Å²) in [6, 6.07) is 11.0. The van der Waals surface area contributed by atoms with E-state index in [9.17, 15) is 9.90 Å². The zero-order chi connectivity index (χ0) is 15.4. The van der Waals surface area contributed by atoms with E-state index < -0.39 is 6.10 Å². The fourth-order valence-electron chi connectivity index (χ4n) is 2.07. The van der Waals surface area contributed by atoms with E-state index in [1.807, 2.05) is 41.9 Å². The van der Waals surface area contributed by atoms with Gasteiger partial charge < -0.3 is 10.4 Å². The summed E-state index contributed by atoms with van der Waals surface area (Å²) in [4.78, 5) is 11.8. The molecule has 6 heteroatoms. The Bertz CT molecular complexity index is 721. The molecular weight excluding hydrogens is 298 g/mol. The zero-order valence-corrected chi connectivity index (χ0v) is 12.5. The number of nitrogens with one attached hydrogen (secondary N) is 1. The van der Waals surface area contributed by atoms with Gasteiger partial charge in [0.05, 0.1) is 11.8 Å². The van der Waals surface area contributed by atoms with Crippen LogP contribution in [0.15, 0.2) is 59.6 Å². The topological polar surface area (TPSA) is 67.2 Å². The highest BCUT2D eigenvalue weighted by Gasteiger charge is 2.11. The maximum Gasteiger partial charge on any atom is 0.252 e. The Kier molecular flexibility index (Phi) is 4.32. The van der Waals surface area contributed by atoms with E-state index >= 15 is 0 Å². The number of aromatic nitrogens is 2. The molecule has 5 nitrogen and oxygen atoms in total. The third-order valence-corrected chi connectivity index (χ3v) is 3.97. The second kappa shape index (κ2) is 6.55. The van der Waals surface area contributed by atoms with E-state index in [0.717, 1.165) is 11.3 Å². The molecule has 0 aliphatic heterocycles. The average molecular weight is 313 g/mol. The first-order valence-electron chi connectivity index (χ1n) is 6.82. The second-order valence-electron chi connectivity index (χ2n) is 4.78. The number of carbonyl (C=O) groups is 1. The van der Waals surface area contributed by atoms with Crippen molar-refractivity contribution in [2.75, 3.05) is 6.54 Å². The predicted molar refractivity (Wildman–Crippen MR) is 85.2 cm³/mol. The highest BCUT2D eigenvalue weighted by molar-refractivity contribution is 7.08. The molecule has 0 saturated carbocycles. The van der Waals surface area contributed by atoms with Crippen molar-refractivity contribution in [3.05, 3.63) is 70.7 Å². The highest BCUT2D eigenvalue weighted by Crippen LogP contribution is 2.15. The minimum atomic E-state index is -0.741. The van der Waals surface area contributed by atoms with Gasteiger partial charge in [0.15, 0.2) is 0 Å². The molecule has 3 rings (SSSR count). The molecule has 2 N–H and O–H groups in total. The first-order valence-corrected chi connectivity index (χ1v) is 7.77. The van der Waals surface area contributed by atoms with Crippen LogP contribution in [0, 0.1) is 0 Å². The molecule has 0 fully saturated rings. The standard InChI is InChI=1S/C16H15N3O2S/c20-15(10-17-16(21)13-6-9-22-11-13)12-2-4-14(5-3-12)19-8-1-7-18-19/h1-9,11,15,20H,10H2,(H,17,21). The molecule has 112 valence electrons. The summed E-state index contributed by atoms with van der Waals surface area (Å²) < 4.78 is 1.74. The quantitative estimate of drug-likeness (QED) is 0.760. The van der Waals surface area contributed by atoms with Gasteiger partial charge in [0.1, 0.15) is 0 Å². The minimum Gasteiger partial charge on any atom is -0.387 e. The molecule has 0 aliphatic carbocycles. The monoisotopic (exact) mass is 313 g/mol. The van der Waals surface area contributed by atoms with Crippen molar-refractivity contribution in [2.45, 2.75) is 6.10 Å². The molecule has 1 unspecified atom stereocenters. The molecular formula is C16H15N3O2S. The number of aliphatic hydroxyl groups excluding tert-OH is 1. The van der Waals surface area contributed by atoms with E-state index in [2.05, 4.69) is 10.4 Å². The summed E-state index contributed by atoms with van der Waals surface area (Å²) in [6.07, 6.45) is 2.82. The molecule has 2 heterocycles. The normalized spacial score (nSPS) is 12.0. The maximum atomic E-state index is 11.8. The first-order chi connectivity index (χ1) is 10.7. The molecule has 2 aromatic heterocycles.